The van der Waals surface area contributed by atoms with E-state index in [1.807, 2.05) is 0 Å². The van der Waals surface area contributed by atoms with Gasteiger partial charge in [-0.3, -0.25) is 4.79 Å². The zero-order chi connectivity index (χ0) is 11.9. The lowest BCUT2D eigenvalue weighted by Crippen LogP contribution is -2.11. The topological polar surface area (TPSA) is 79.9 Å². The Morgan fingerprint density at radius 2 is 2.06 bits per heavy atom. The Hall–Kier alpha value is -1.40. The smallest absolute Gasteiger partial charge is 0.269 e. The van der Waals surface area contributed by atoms with Gasteiger partial charge in [-0.25, -0.2) is 13.4 Å². The number of benzene rings is 1. The summed E-state index contributed by atoms with van der Waals surface area (Å²) in [5.41, 5.74) is 0.837. The standard InChI is InChI=1S/C9H7ClN2O3S/c1-5-9(13)12-7-3-2-6(16(10,14)15)4-8(7)11-5/h2-4H,1H3,(H,12,13). The Morgan fingerprint density at radius 3 is 2.69 bits per heavy atom. The molecule has 5 nitrogen and oxygen atoms in total. The van der Waals surface area contributed by atoms with E-state index in [4.69, 9.17) is 10.7 Å². The van der Waals surface area contributed by atoms with Crippen LogP contribution in [0.2, 0.25) is 0 Å². The number of hydrogen-bond acceptors (Lipinski definition) is 4. The summed E-state index contributed by atoms with van der Waals surface area (Å²) >= 11 is 0. The summed E-state index contributed by atoms with van der Waals surface area (Å²) in [6.07, 6.45) is 0. The summed E-state index contributed by atoms with van der Waals surface area (Å²) in [7, 11) is 1.43. The summed E-state index contributed by atoms with van der Waals surface area (Å²) in [5, 5.41) is 0. The number of halogens is 1. The number of fused-ring (bicyclic) bond motifs is 1. The van der Waals surface area contributed by atoms with Crippen LogP contribution in [-0.2, 0) is 9.05 Å². The monoisotopic (exact) mass is 258 g/mol. The first-order valence-electron chi connectivity index (χ1n) is 4.33. The molecule has 0 spiro atoms. The summed E-state index contributed by atoms with van der Waals surface area (Å²) in [5.74, 6) is 0. The van der Waals surface area contributed by atoms with Gasteiger partial charge < -0.3 is 4.98 Å². The highest BCUT2D eigenvalue weighted by Crippen LogP contribution is 2.18. The first-order valence-corrected chi connectivity index (χ1v) is 6.64. The van der Waals surface area contributed by atoms with Crippen molar-refractivity contribution < 1.29 is 8.42 Å². The van der Waals surface area contributed by atoms with Gasteiger partial charge in [-0.1, -0.05) is 0 Å². The second kappa shape index (κ2) is 3.57. The minimum absolute atomic E-state index is 0.0411. The predicted octanol–water partition coefficient (Wildman–Crippen LogP) is 1.16. The number of aromatic nitrogens is 2. The molecule has 0 aliphatic heterocycles. The van der Waals surface area contributed by atoms with Crippen LogP contribution < -0.4 is 5.56 Å². The molecule has 16 heavy (non-hydrogen) atoms. The van der Waals surface area contributed by atoms with Gasteiger partial charge >= 0.3 is 0 Å². The fourth-order valence-electron chi connectivity index (χ4n) is 1.31. The third-order valence-electron chi connectivity index (χ3n) is 2.12. The van der Waals surface area contributed by atoms with Gasteiger partial charge in [-0.15, -0.1) is 0 Å². The van der Waals surface area contributed by atoms with Crippen LogP contribution in [0, 0.1) is 6.92 Å². The van der Waals surface area contributed by atoms with E-state index in [-0.39, 0.29) is 16.1 Å². The van der Waals surface area contributed by atoms with Crippen LogP contribution in [0.4, 0.5) is 0 Å². The summed E-state index contributed by atoms with van der Waals surface area (Å²) in [6.45, 7) is 1.54. The maximum Gasteiger partial charge on any atom is 0.269 e. The molecule has 1 aromatic carbocycles. The highest BCUT2D eigenvalue weighted by Gasteiger charge is 2.11. The predicted molar refractivity (Wildman–Crippen MR) is 60.1 cm³/mol. The average molecular weight is 259 g/mol. The molecule has 0 unspecified atom stereocenters. The van der Waals surface area contributed by atoms with Crippen LogP contribution in [0.25, 0.3) is 11.0 Å². The Morgan fingerprint density at radius 1 is 1.38 bits per heavy atom. The van der Waals surface area contributed by atoms with Crippen LogP contribution in [-0.4, -0.2) is 18.4 Å². The second-order valence-corrected chi connectivity index (χ2v) is 5.83. The molecule has 0 saturated carbocycles. The molecule has 84 valence electrons. The van der Waals surface area contributed by atoms with E-state index < -0.39 is 9.05 Å². The molecule has 0 aliphatic rings. The molecule has 0 fully saturated rings. The zero-order valence-electron chi connectivity index (χ0n) is 8.19. The van der Waals surface area contributed by atoms with E-state index >= 15 is 0 Å². The largest absolute Gasteiger partial charge is 0.319 e. The Labute approximate surface area is 95.5 Å². The van der Waals surface area contributed by atoms with Crippen molar-refractivity contribution >= 4 is 30.8 Å². The normalized spacial score (nSPS) is 11.9. The molecule has 7 heteroatoms. The lowest BCUT2D eigenvalue weighted by atomic mass is 10.3. The molecule has 0 atom stereocenters. The summed E-state index contributed by atoms with van der Waals surface area (Å²) in [6, 6.07) is 4.09. The van der Waals surface area contributed by atoms with Crippen molar-refractivity contribution in [2.75, 3.05) is 0 Å². The minimum Gasteiger partial charge on any atom is -0.319 e. The van der Waals surface area contributed by atoms with Gasteiger partial charge in [0.25, 0.3) is 14.6 Å². The number of aromatic amines is 1. The lowest BCUT2D eigenvalue weighted by Gasteiger charge is -2.00. The molecule has 1 N–H and O–H groups in total. The molecule has 0 radical (unpaired) electrons. The van der Waals surface area contributed by atoms with Crippen molar-refractivity contribution in [3.63, 3.8) is 0 Å². The molecule has 1 heterocycles. The van der Waals surface area contributed by atoms with Crippen LogP contribution >= 0.6 is 10.7 Å². The Bertz CT molecular complexity index is 721. The summed E-state index contributed by atoms with van der Waals surface area (Å²) in [4.78, 5) is 17.8. The molecule has 1 aromatic heterocycles. The number of H-pyrrole nitrogens is 1. The highest BCUT2D eigenvalue weighted by atomic mass is 35.7. The van der Waals surface area contributed by atoms with E-state index in [0.29, 0.717) is 11.0 Å². The molecule has 2 rings (SSSR count). The van der Waals surface area contributed by atoms with Gasteiger partial charge in [-0.05, 0) is 25.1 Å². The molecule has 2 aromatic rings. The van der Waals surface area contributed by atoms with Crippen LogP contribution in [0.3, 0.4) is 0 Å². The average Bonchev–Trinajstić information content (AvgIpc) is 2.17. The number of aryl methyl sites for hydroxylation is 1. The first-order chi connectivity index (χ1) is 7.38. The quantitative estimate of drug-likeness (QED) is 0.779. The van der Waals surface area contributed by atoms with Crippen LogP contribution in [0.15, 0.2) is 27.9 Å². The van der Waals surface area contributed by atoms with Crippen LogP contribution in [0.1, 0.15) is 5.69 Å². The molecule has 0 bridgehead atoms. The van der Waals surface area contributed by atoms with Gasteiger partial charge in [0.1, 0.15) is 5.69 Å². The van der Waals surface area contributed by atoms with E-state index in [2.05, 4.69) is 9.97 Å². The maximum absolute atomic E-state index is 11.3. The van der Waals surface area contributed by atoms with E-state index in [9.17, 15) is 13.2 Å². The number of nitrogens with zero attached hydrogens (tertiary/aromatic N) is 1. The number of nitrogens with one attached hydrogen (secondary N) is 1. The van der Waals surface area contributed by atoms with Gasteiger partial charge in [0.15, 0.2) is 0 Å². The minimum atomic E-state index is -3.78. The molecular weight excluding hydrogens is 252 g/mol. The van der Waals surface area contributed by atoms with Gasteiger partial charge in [0.05, 0.1) is 15.9 Å². The van der Waals surface area contributed by atoms with Gasteiger partial charge in [0.2, 0.25) is 0 Å². The number of hydrogen-bond donors (Lipinski definition) is 1. The maximum atomic E-state index is 11.3. The molecule has 0 saturated heterocycles. The third-order valence-corrected chi connectivity index (χ3v) is 3.47. The fourth-order valence-corrected chi connectivity index (χ4v) is 2.08. The van der Waals surface area contributed by atoms with E-state index in [1.165, 1.54) is 18.2 Å². The SMILES string of the molecule is Cc1nc2cc(S(=O)(=O)Cl)ccc2[nH]c1=O. The van der Waals surface area contributed by atoms with Gasteiger partial charge in [-0.2, -0.15) is 0 Å². The molecule has 0 amide bonds. The fraction of sp³-hybridized carbons (Fsp3) is 0.111. The van der Waals surface area contributed by atoms with Gasteiger partial charge in [0, 0.05) is 10.7 Å². The van der Waals surface area contributed by atoms with Crippen molar-refractivity contribution in [2.24, 2.45) is 0 Å². The Balaban J connectivity index is 2.82. The molecule has 0 aliphatic carbocycles. The van der Waals surface area contributed by atoms with Crippen molar-refractivity contribution in [1.29, 1.82) is 0 Å². The lowest BCUT2D eigenvalue weighted by molar-refractivity contribution is 0.609. The number of rotatable bonds is 1. The van der Waals surface area contributed by atoms with Crippen molar-refractivity contribution in [3.8, 4) is 0 Å². The second-order valence-electron chi connectivity index (χ2n) is 3.27. The third kappa shape index (κ3) is 1.94. The van der Waals surface area contributed by atoms with Crippen molar-refractivity contribution in [1.82, 2.24) is 9.97 Å². The first kappa shape index (κ1) is 11.1. The zero-order valence-corrected chi connectivity index (χ0v) is 9.76. The van der Waals surface area contributed by atoms with Crippen molar-refractivity contribution in [3.05, 3.63) is 34.2 Å². The Kier molecular flexibility index (Phi) is 2.47. The van der Waals surface area contributed by atoms with E-state index in [0.717, 1.165) is 0 Å². The van der Waals surface area contributed by atoms with Crippen molar-refractivity contribution in [2.45, 2.75) is 11.8 Å². The highest BCUT2D eigenvalue weighted by molar-refractivity contribution is 8.13. The molecular formula is C9H7ClN2O3S. The summed E-state index contributed by atoms with van der Waals surface area (Å²) < 4.78 is 22.2. The van der Waals surface area contributed by atoms with E-state index in [1.54, 1.807) is 6.92 Å². The van der Waals surface area contributed by atoms with Crippen LogP contribution in [0.5, 0.6) is 0 Å².